The van der Waals surface area contributed by atoms with E-state index >= 15 is 0 Å². The Bertz CT molecular complexity index is 277. The smallest absolute Gasteiger partial charge is 0.289 e. The highest BCUT2D eigenvalue weighted by Crippen LogP contribution is 2.09. The highest BCUT2D eigenvalue weighted by Gasteiger charge is 2.19. The van der Waals surface area contributed by atoms with Crippen LogP contribution in [0.2, 0.25) is 0 Å². The van der Waals surface area contributed by atoms with Crippen molar-refractivity contribution in [2.45, 2.75) is 33.2 Å². The van der Waals surface area contributed by atoms with Gasteiger partial charge in [0.25, 0.3) is 5.91 Å². The quantitative estimate of drug-likeness (QED) is 0.739. The van der Waals surface area contributed by atoms with Crippen molar-refractivity contribution < 1.29 is 9.21 Å². The highest BCUT2D eigenvalue weighted by atomic mass is 16.3. The monoisotopic (exact) mass is 195 g/mol. The Labute approximate surface area is 84.7 Å². The topological polar surface area (TPSA) is 33.5 Å². The Morgan fingerprint density at radius 2 is 2.29 bits per heavy atom. The zero-order chi connectivity index (χ0) is 10.6. The van der Waals surface area contributed by atoms with E-state index in [-0.39, 0.29) is 11.9 Å². The summed E-state index contributed by atoms with van der Waals surface area (Å²) in [6.07, 6.45) is 2.49. The van der Waals surface area contributed by atoms with Gasteiger partial charge in [-0.15, -0.1) is 0 Å². The van der Waals surface area contributed by atoms with Gasteiger partial charge in [0.05, 0.1) is 6.26 Å². The lowest BCUT2D eigenvalue weighted by atomic mass is 10.2. The van der Waals surface area contributed by atoms with E-state index in [9.17, 15) is 4.79 Å². The van der Waals surface area contributed by atoms with Crippen molar-refractivity contribution in [3.05, 3.63) is 24.2 Å². The molecular weight excluding hydrogens is 178 g/mol. The second kappa shape index (κ2) is 4.84. The maximum absolute atomic E-state index is 11.9. The summed E-state index contributed by atoms with van der Waals surface area (Å²) in [7, 11) is 0. The third-order valence-electron chi connectivity index (χ3n) is 2.08. The molecule has 0 aliphatic rings. The fraction of sp³-hybridized carbons (Fsp3) is 0.545. The lowest BCUT2D eigenvalue weighted by Crippen LogP contribution is -2.37. The van der Waals surface area contributed by atoms with Crippen molar-refractivity contribution in [1.29, 1.82) is 0 Å². The number of hydrogen-bond acceptors (Lipinski definition) is 2. The number of hydrogen-bond donors (Lipinski definition) is 0. The first-order valence-electron chi connectivity index (χ1n) is 5.01. The molecule has 0 aromatic carbocycles. The average molecular weight is 195 g/mol. The van der Waals surface area contributed by atoms with E-state index in [1.165, 1.54) is 6.26 Å². The minimum Gasteiger partial charge on any atom is -0.459 e. The van der Waals surface area contributed by atoms with E-state index in [1.807, 2.05) is 18.7 Å². The first-order chi connectivity index (χ1) is 6.66. The van der Waals surface area contributed by atoms with E-state index < -0.39 is 0 Å². The summed E-state index contributed by atoms with van der Waals surface area (Å²) in [5, 5.41) is 0. The molecule has 1 aromatic rings. The molecule has 78 valence electrons. The molecule has 0 N–H and O–H groups in total. The van der Waals surface area contributed by atoms with Gasteiger partial charge in [-0.3, -0.25) is 4.79 Å². The van der Waals surface area contributed by atoms with Gasteiger partial charge in [0.2, 0.25) is 0 Å². The number of carbonyl (C=O) groups excluding carboxylic acids is 1. The van der Waals surface area contributed by atoms with E-state index in [0.717, 1.165) is 13.0 Å². The van der Waals surface area contributed by atoms with Crippen molar-refractivity contribution in [2.24, 2.45) is 0 Å². The van der Waals surface area contributed by atoms with E-state index in [0.29, 0.717) is 5.76 Å². The molecule has 0 saturated carbocycles. The van der Waals surface area contributed by atoms with Crippen molar-refractivity contribution in [3.63, 3.8) is 0 Å². The van der Waals surface area contributed by atoms with Gasteiger partial charge in [-0.05, 0) is 32.4 Å². The van der Waals surface area contributed by atoms with Crippen molar-refractivity contribution in [2.75, 3.05) is 6.54 Å². The van der Waals surface area contributed by atoms with Gasteiger partial charge in [0.1, 0.15) is 0 Å². The van der Waals surface area contributed by atoms with E-state index in [4.69, 9.17) is 4.42 Å². The standard InChI is InChI=1S/C11H17NO2/c1-4-7-12(9(2)3)11(13)10-6-5-8-14-10/h5-6,8-9H,4,7H2,1-3H3. The van der Waals surface area contributed by atoms with Crippen LogP contribution in [0.15, 0.2) is 22.8 Å². The second-order valence-corrected chi connectivity index (χ2v) is 3.57. The lowest BCUT2D eigenvalue weighted by Gasteiger charge is -2.25. The molecule has 0 fully saturated rings. The third kappa shape index (κ3) is 2.37. The fourth-order valence-electron chi connectivity index (χ4n) is 1.38. The second-order valence-electron chi connectivity index (χ2n) is 3.57. The van der Waals surface area contributed by atoms with Crippen LogP contribution < -0.4 is 0 Å². The first kappa shape index (κ1) is 10.8. The van der Waals surface area contributed by atoms with Crippen molar-refractivity contribution >= 4 is 5.91 Å². The largest absolute Gasteiger partial charge is 0.459 e. The summed E-state index contributed by atoms with van der Waals surface area (Å²) in [6, 6.07) is 3.65. The Morgan fingerprint density at radius 1 is 1.57 bits per heavy atom. The van der Waals surface area contributed by atoms with Crippen LogP contribution in [0.3, 0.4) is 0 Å². The summed E-state index contributed by atoms with van der Waals surface area (Å²) >= 11 is 0. The van der Waals surface area contributed by atoms with Gasteiger partial charge < -0.3 is 9.32 Å². The van der Waals surface area contributed by atoms with Gasteiger partial charge in [0.15, 0.2) is 5.76 Å². The van der Waals surface area contributed by atoms with Crippen molar-refractivity contribution in [3.8, 4) is 0 Å². The van der Waals surface area contributed by atoms with Crippen LogP contribution >= 0.6 is 0 Å². The average Bonchev–Trinajstić information content (AvgIpc) is 2.65. The van der Waals surface area contributed by atoms with Crippen LogP contribution in [0.5, 0.6) is 0 Å². The van der Waals surface area contributed by atoms with Crippen LogP contribution in [-0.2, 0) is 0 Å². The minimum absolute atomic E-state index is 0.0214. The molecule has 0 unspecified atom stereocenters. The minimum atomic E-state index is -0.0214. The lowest BCUT2D eigenvalue weighted by molar-refractivity contribution is 0.0673. The molecule has 3 nitrogen and oxygen atoms in total. The molecule has 3 heteroatoms. The van der Waals surface area contributed by atoms with E-state index in [2.05, 4.69) is 6.92 Å². The Balaban J connectivity index is 2.74. The van der Waals surface area contributed by atoms with Crippen LogP contribution in [-0.4, -0.2) is 23.4 Å². The highest BCUT2D eigenvalue weighted by molar-refractivity contribution is 5.91. The molecule has 0 atom stereocenters. The molecule has 0 spiro atoms. The van der Waals surface area contributed by atoms with Gasteiger partial charge in [-0.2, -0.15) is 0 Å². The molecule has 0 bridgehead atoms. The zero-order valence-corrected chi connectivity index (χ0v) is 8.99. The van der Waals surface area contributed by atoms with Crippen LogP contribution in [0.25, 0.3) is 0 Å². The van der Waals surface area contributed by atoms with Crippen molar-refractivity contribution in [1.82, 2.24) is 4.90 Å². The maximum atomic E-state index is 11.9. The molecule has 0 radical (unpaired) electrons. The number of furan rings is 1. The molecule has 1 amide bonds. The van der Waals surface area contributed by atoms with Gasteiger partial charge in [0, 0.05) is 12.6 Å². The number of rotatable bonds is 4. The van der Waals surface area contributed by atoms with Gasteiger partial charge in [-0.25, -0.2) is 0 Å². The first-order valence-corrected chi connectivity index (χ1v) is 5.01. The molecule has 14 heavy (non-hydrogen) atoms. The SMILES string of the molecule is CCCN(C(=O)c1ccco1)C(C)C. The summed E-state index contributed by atoms with van der Waals surface area (Å²) < 4.78 is 5.08. The van der Waals surface area contributed by atoms with Crippen LogP contribution in [0.4, 0.5) is 0 Å². The summed E-state index contributed by atoms with van der Waals surface area (Å²) in [5.41, 5.74) is 0. The Kier molecular flexibility index (Phi) is 3.74. The van der Waals surface area contributed by atoms with Gasteiger partial charge in [-0.1, -0.05) is 6.92 Å². The van der Waals surface area contributed by atoms with Gasteiger partial charge >= 0.3 is 0 Å². The molecule has 1 aromatic heterocycles. The molecule has 1 heterocycles. The molecule has 1 rings (SSSR count). The molecule has 0 saturated heterocycles. The molecular formula is C11H17NO2. The number of nitrogens with zero attached hydrogens (tertiary/aromatic N) is 1. The Morgan fingerprint density at radius 3 is 2.71 bits per heavy atom. The van der Waals surface area contributed by atoms with E-state index in [1.54, 1.807) is 12.1 Å². The van der Waals surface area contributed by atoms with Crippen LogP contribution in [0, 0.1) is 0 Å². The third-order valence-corrected chi connectivity index (χ3v) is 2.08. The summed E-state index contributed by atoms with van der Waals surface area (Å²) in [4.78, 5) is 13.7. The maximum Gasteiger partial charge on any atom is 0.289 e. The summed E-state index contributed by atoms with van der Waals surface area (Å²) in [5.74, 6) is 0.402. The predicted octanol–water partition coefficient (Wildman–Crippen LogP) is 2.54. The number of carbonyl (C=O) groups is 1. The number of amides is 1. The zero-order valence-electron chi connectivity index (χ0n) is 8.99. The molecule has 0 aliphatic carbocycles. The molecule has 0 aliphatic heterocycles. The predicted molar refractivity (Wildman–Crippen MR) is 55.2 cm³/mol. The fourth-order valence-corrected chi connectivity index (χ4v) is 1.38. The summed E-state index contributed by atoms with van der Waals surface area (Å²) in [6.45, 7) is 6.86. The Hall–Kier alpha value is -1.25. The normalized spacial score (nSPS) is 10.6. The van der Waals surface area contributed by atoms with Crippen LogP contribution in [0.1, 0.15) is 37.7 Å².